The van der Waals surface area contributed by atoms with Gasteiger partial charge < -0.3 is 5.11 Å². The molecule has 0 spiro atoms. The van der Waals surface area contributed by atoms with Gasteiger partial charge in [-0.25, -0.2) is 0 Å². The van der Waals surface area contributed by atoms with Crippen LogP contribution in [0, 0.1) is 7.14 Å². The van der Waals surface area contributed by atoms with Crippen molar-refractivity contribution in [3.63, 3.8) is 0 Å². The summed E-state index contributed by atoms with van der Waals surface area (Å²) in [6.45, 7) is 0. The Morgan fingerprint density at radius 3 is 1.30 bits per heavy atom. The van der Waals surface area contributed by atoms with E-state index in [-0.39, 0.29) is 4.83 Å². The average molecular weight is 683 g/mol. The van der Waals surface area contributed by atoms with Crippen LogP contribution in [-0.4, -0.2) is 5.11 Å². The second kappa shape index (κ2) is 12.0. The van der Waals surface area contributed by atoms with Crippen LogP contribution in [0.2, 0.25) is 0 Å². The Morgan fingerprint density at radius 1 is 0.500 bits per heavy atom. The first-order valence-corrected chi connectivity index (χ1v) is 12.5. The minimum Gasteiger partial charge on any atom is -0.384 e. The van der Waals surface area contributed by atoms with Crippen LogP contribution < -0.4 is 0 Å². The van der Waals surface area contributed by atoms with Crippen LogP contribution in [0.3, 0.4) is 0 Å². The highest BCUT2D eigenvalue weighted by Gasteiger charge is 2.09. The molecule has 0 heterocycles. The molecule has 0 aliphatic rings. The first-order chi connectivity index (χ1) is 14.5. The summed E-state index contributed by atoms with van der Waals surface area (Å²) in [5, 5.41) is 10.1. The lowest BCUT2D eigenvalue weighted by Crippen LogP contribution is -1.98. The third-order valence-corrected chi connectivity index (χ3v) is 7.05. The normalized spacial score (nSPS) is 12.4. The molecule has 0 aromatic heterocycles. The molecule has 0 saturated carbocycles. The summed E-state index contributed by atoms with van der Waals surface area (Å²) in [5.41, 5.74) is 4.45. The summed E-state index contributed by atoms with van der Waals surface area (Å²) in [4.78, 5) is 0.288. The molecule has 1 N–H and O–H groups in total. The van der Waals surface area contributed by atoms with Crippen molar-refractivity contribution in [3.8, 4) is 0 Å². The SMILES string of the molecule is BrC(c1ccccc1)c1ccc(I)cc1.OC(c1ccccc1)c1ccc(I)cc1. The van der Waals surface area contributed by atoms with Gasteiger partial charge in [-0.2, -0.15) is 0 Å². The number of rotatable bonds is 4. The summed E-state index contributed by atoms with van der Waals surface area (Å²) < 4.78 is 2.45. The van der Waals surface area contributed by atoms with Crippen LogP contribution in [-0.2, 0) is 0 Å². The highest BCUT2D eigenvalue weighted by molar-refractivity contribution is 14.1. The zero-order valence-corrected chi connectivity index (χ0v) is 22.0. The van der Waals surface area contributed by atoms with Crippen molar-refractivity contribution < 1.29 is 5.11 Å². The number of aliphatic hydroxyl groups is 1. The topological polar surface area (TPSA) is 20.2 Å². The van der Waals surface area contributed by atoms with Crippen LogP contribution in [0.25, 0.3) is 0 Å². The Balaban J connectivity index is 0.000000171. The summed E-state index contributed by atoms with van der Waals surface area (Å²) in [7, 11) is 0. The molecule has 2 unspecified atom stereocenters. The van der Waals surface area contributed by atoms with E-state index in [0.717, 1.165) is 11.1 Å². The van der Waals surface area contributed by atoms with E-state index in [1.807, 2.05) is 60.7 Å². The Morgan fingerprint density at radius 2 is 0.833 bits per heavy atom. The zero-order valence-electron chi connectivity index (χ0n) is 16.1. The summed E-state index contributed by atoms with van der Waals surface area (Å²) in [5.74, 6) is 0. The van der Waals surface area contributed by atoms with E-state index in [1.54, 1.807) is 0 Å². The number of benzene rings is 4. The van der Waals surface area contributed by atoms with E-state index in [4.69, 9.17) is 0 Å². The molecule has 0 fully saturated rings. The first kappa shape index (κ1) is 23.4. The number of hydrogen-bond acceptors (Lipinski definition) is 1. The fourth-order valence-corrected chi connectivity index (χ4v) is 4.25. The molecule has 0 aliphatic carbocycles. The lowest BCUT2D eigenvalue weighted by molar-refractivity contribution is 0.220. The molecule has 30 heavy (non-hydrogen) atoms. The van der Waals surface area contributed by atoms with Crippen molar-refractivity contribution in [2.24, 2.45) is 0 Å². The van der Waals surface area contributed by atoms with Gasteiger partial charge >= 0.3 is 0 Å². The molecule has 0 amide bonds. The van der Waals surface area contributed by atoms with Gasteiger partial charge in [0.15, 0.2) is 0 Å². The number of hydrogen-bond donors (Lipinski definition) is 1. The molecule has 4 heteroatoms. The van der Waals surface area contributed by atoms with Gasteiger partial charge in [-0.1, -0.05) is 101 Å². The third-order valence-electron chi connectivity index (χ3n) is 4.56. The van der Waals surface area contributed by atoms with Crippen molar-refractivity contribution >= 4 is 61.1 Å². The molecule has 152 valence electrons. The minimum absolute atomic E-state index is 0.288. The molecular weight excluding hydrogens is 662 g/mol. The van der Waals surface area contributed by atoms with Gasteiger partial charge in [0, 0.05) is 7.14 Å². The zero-order chi connectivity index (χ0) is 21.3. The largest absolute Gasteiger partial charge is 0.384 e. The Hall–Kier alpha value is -1.22. The molecule has 4 aromatic rings. The fourth-order valence-electron chi connectivity index (χ4n) is 2.92. The van der Waals surface area contributed by atoms with Crippen LogP contribution in [0.5, 0.6) is 0 Å². The second-order valence-corrected chi connectivity index (χ2v) is 10.1. The second-order valence-electron chi connectivity index (χ2n) is 6.69. The molecular formula is C26H21BrI2O. The molecule has 0 aliphatic heterocycles. The van der Waals surface area contributed by atoms with Gasteiger partial charge in [0.1, 0.15) is 6.10 Å². The molecule has 4 aromatic carbocycles. The molecule has 4 rings (SSSR count). The lowest BCUT2D eigenvalue weighted by atomic mass is 10.0. The van der Waals surface area contributed by atoms with Gasteiger partial charge in [-0.05, 0) is 91.7 Å². The van der Waals surface area contributed by atoms with Gasteiger partial charge in [-0.3, -0.25) is 0 Å². The minimum atomic E-state index is -0.525. The molecule has 2 atom stereocenters. The van der Waals surface area contributed by atoms with Crippen molar-refractivity contribution in [2.75, 3.05) is 0 Å². The van der Waals surface area contributed by atoms with Crippen molar-refractivity contribution in [3.05, 3.63) is 139 Å². The Labute approximate surface area is 214 Å². The van der Waals surface area contributed by atoms with E-state index < -0.39 is 6.10 Å². The molecule has 0 bridgehead atoms. The quantitative estimate of drug-likeness (QED) is 0.170. The van der Waals surface area contributed by atoms with Gasteiger partial charge in [0.2, 0.25) is 0 Å². The summed E-state index contributed by atoms with van der Waals surface area (Å²) in [6, 6.07) is 36.6. The highest BCUT2D eigenvalue weighted by atomic mass is 127. The fraction of sp³-hybridized carbons (Fsp3) is 0.0769. The number of aliphatic hydroxyl groups excluding tert-OH is 1. The predicted molar refractivity (Wildman–Crippen MR) is 146 cm³/mol. The van der Waals surface area contributed by atoms with E-state index in [1.165, 1.54) is 18.3 Å². The maximum absolute atomic E-state index is 10.1. The molecule has 1 nitrogen and oxygen atoms in total. The van der Waals surface area contributed by atoms with E-state index in [0.29, 0.717) is 0 Å². The Kier molecular flexibility index (Phi) is 9.36. The molecule has 0 saturated heterocycles. The standard InChI is InChI=1S/C13H10BrI.C13H11IO/c14-13(10-4-2-1-3-5-10)11-6-8-12(15)9-7-11;14-12-8-6-11(7-9-12)13(15)10-4-2-1-3-5-10/h1-9,13H;1-9,13,15H. The van der Waals surface area contributed by atoms with Crippen LogP contribution in [0.4, 0.5) is 0 Å². The third kappa shape index (κ3) is 6.90. The van der Waals surface area contributed by atoms with E-state index in [9.17, 15) is 5.11 Å². The van der Waals surface area contributed by atoms with Crippen molar-refractivity contribution in [1.29, 1.82) is 0 Å². The number of alkyl halides is 1. The van der Waals surface area contributed by atoms with Crippen LogP contribution in [0.1, 0.15) is 33.2 Å². The number of halogens is 3. The van der Waals surface area contributed by atoms with Crippen molar-refractivity contribution in [2.45, 2.75) is 10.9 Å². The van der Waals surface area contributed by atoms with Gasteiger partial charge in [0.05, 0.1) is 4.83 Å². The Bertz CT molecular complexity index is 933. The monoisotopic (exact) mass is 682 g/mol. The smallest absolute Gasteiger partial charge is 0.104 e. The summed E-state index contributed by atoms with van der Waals surface area (Å²) >= 11 is 8.29. The van der Waals surface area contributed by atoms with Gasteiger partial charge in [-0.15, -0.1) is 0 Å². The van der Waals surface area contributed by atoms with E-state index >= 15 is 0 Å². The maximum atomic E-state index is 10.1. The average Bonchev–Trinajstić information content (AvgIpc) is 2.81. The van der Waals surface area contributed by atoms with Crippen LogP contribution in [0.15, 0.2) is 109 Å². The highest BCUT2D eigenvalue weighted by Crippen LogP contribution is 2.30. The van der Waals surface area contributed by atoms with E-state index in [2.05, 4.69) is 110 Å². The van der Waals surface area contributed by atoms with Crippen LogP contribution >= 0.6 is 61.1 Å². The first-order valence-electron chi connectivity index (χ1n) is 9.47. The van der Waals surface area contributed by atoms with Crippen molar-refractivity contribution in [1.82, 2.24) is 0 Å². The molecule has 0 radical (unpaired) electrons. The lowest BCUT2D eigenvalue weighted by Gasteiger charge is -2.11. The predicted octanol–water partition coefficient (Wildman–Crippen LogP) is 8.15. The summed E-state index contributed by atoms with van der Waals surface area (Å²) in [6.07, 6.45) is -0.525. The van der Waals surface area contributed by atoms with Gasteiger partial charge in [0.25, 0.3) is 0 Å². The maximum Gasteiger partial charge on any atom is 0.104 e.